The number of carbonyl (C=O) groups is 2. The maximum absolute atomic E-state index is 13.4. The number of fused-ring (bicyclic) bond motifs is 2. The maximum atomic E-state index is 13.4. The summed E-state index contributed by atoms with van der Waals surface area (Å²) in [6.07, 6.45) is 9.46. The van der Waals surface area contributed by atoms with Crippen molar-refractivity contribution in [1.82, 2.24) is 49.3 Å². The number of rotatable bonds is 13. The number of amides is 2. The van der Waals surface area contributed by atoms with Gasteiger partial charge < -0.3 is 40.2 Å². The molecule has 2 aliphatic heterocycles. The predicted octanol–water partition coefficient (Wildman–Crippen LogP) is 13.5. The summed E-state index contributed by atoms with van der Waals surface area (Å²) < 4.78 is 27.1. The molecule has 2 atom stereocenters. The van der Waals surface area contributed by atoms with Crippen LogP contribution in [0.15, 0.2) is 109 Å². The van der Waals surface area contributed by atoms with Crippen LogP contribution in [-0.4, -0.2) is 101 Å². The molecule has 20 nitrogen and oxygen atoms in total. The number of hydrogen-bond donors (Lipinski definition) is 2. The van der Waals surface area contributed by atoms with Gasteiger partial charge in [0.15, 0.2) is 34.3 Å². The topological polar surface area (TPSA) is 226 Å². The highest BCUT2D eigenvalue weighted by atomic mass is 35.5. The quantitative estimate of drug-likeness (QED) is 0.0809. The number of likely N-dealkylation sites (tertiary alicyclic amines) is 2. The summed E-state index contributed by atoms with van der Waals surface area (Å²) >= 11 is 12.6. The number of ether oxygens (including phenoxy) is 4. The molecule has 2 unspecified atom stereocenters. The van der Waals surface area contributed by atoms with Crippen LogP contribution in [0.3, 0.4) is 0 Å². The Labute approximate surface area is 510 Å². The molecule has 4 N–H and O–H groups in total. The lowest BCUT2D eigenvalue weighted by molar-refractivity contribution is -0.129. The van der Waals surface area contributed by atoms with Crippen LogP contribution in [0.2, 0.25) is 10.0 Å². The van der Waals surface area contributed by atoms with E-state index in [1.54, 1.807) is 65.1 Å². The van der Waals surface area contributed by atoms with Crippen LogP contribution < -0.4 is 30.4 Å². The normalized spacial score (nSPS) is 15.7. The number of anilines is 2. The van der Waals surface area contributed by atoms with Gasteiger partial charge in [0.05, 0.1) is 56.8 Å². The van der Waals surface area contributed by atoms with E-state index in [0.717, 1.165) is 47.9 Å². The second kappa shape index (κ2) is 25.5. The summed E-state index contributed by atoms with van der Waals surface area (Å²) in [5.41, 5.74) is 18.1. The number of hydrogen-bond acceptors (Lipinski definition) is 14. The largest absolute Gasteiger partial charge is 0.493 e. The monoisotopic (exact) mass is 1200 g/mol. The minimum atomic E-state index is -0.291. The van der Waals surface area contributed by atoms with Gasteiger partial charge in [0, 0.05) is 40.8 Å². The van der Waals surface area contributed by atoms with Gasteiger partial charge in [-0.1, -0.05) is 89.0 Å². The number of nitrogen functional groups attached to an aromatic ring is 2. The molecule has 2 amide bonds. The van der Waals surface area contributed by atoms with Gasteiger partial charge in [-0.05, 0) is 122 Å². The molecule has 0 saturated carbocycles. The summed E-state index contributed by atoms with van der Waals surface area (Å²) in [5, 5.41) is 12.3. The van der Waals surface area contributed by atoms with E-state index in [9.17, 15) is 9.59 Å². The first-order valence-corrected chi connectivity index (χ1v) is 28.7. The molecule has 6 heterocycles. The third-order valence-corrected chi connectivity index (χ3v) is 15.4. The van der Waals surface area contributed by atoms with Crippen molar-refractivity contribution in [2.24, 2.45) is 10.8 Å². The minimum Gasteiger partial charge on any atom is -0.493 e. The van der Waals surface area contributed by atoms with Crippen molar-refractivity contribution in [3.63, 3.8) is 0 Å². The second-order valence-electron chi connectivity index (χ2n) is 23.4. The number of nitrogens with zero attached hydrogens (tertiary/aromatic N) is 12. The number of carbonyl (C=O) groups excluding carboxylic acids is 2. The third-order valence-electron chi connectivity index (χ3n) is 14.6. The molecule has 86 heavy (non-hydrogen) atoms. The first kappa shape index (κ1) is 61.3. The van der Waals surface area contributed by atoms with Gasteiger partial charge in [0.25, 0.3) is 11.8 Å². The molecule has 10 rings (SSSR count). The average Bonchev–Trinajstić information content (AvgIpc) is 3.44. The first-order valence-electron chi connectivity index (χ1n) is 28.0. The molecule has 2 aliphatic rings. The first-order chi connectivity index (χ1) is 41.0. The number of piperidine rings is 1. The maximum Gasteiger partial charge on any atom is 0.252 e. The summed E-state index contributed by atoms with van der Waals surface area (Å²) in [6, 6.07) is 21.7. The summed E-state index contributed by atoms with van der Waals surface area (Å²) in [5.74, 6) is 3.26. The molecule has 0 bridgehead atoms. The number of nitrogens with two attached hydrogens (primary N) is 2. The van der Waals surface area contributed by atoms with E-state index in [2.05, 4.69) is 29.6 Å². The van der Waals surface area contributed by atoms with Gasteiger partial charge >= 0.3 is 0 Å². The third kappa shape index (κ3) is 13.6. The van der Waals surface area contributed by atoms with Crippen LogP contribution in [0.1, 0.15) is 84.4 Å². The Morgan fingerprint density at radius 3 is 1.66 bits per heavy atom. The fourth-order valence-electron chi connectivity index (χ4n) is 10.4. The van der Waals surface area contributed by atoms with Crippen molar-refractivity contribution in [1.29, 1.82) is 0 Å². The molecule has 4 aromatic carbocycles. The Kier molecular flexibility index (Phi) is 18.2. The molecule has 22 heteroatoms. The summed E-state index contributed by atoms with van der Waals surface area (Å²) in [4.78, 5) is 54.8. The van der Waals surface area contributed by atoms with E-state index in [0.29, 0.717) is 116 Å². The minimum absolute atomic E-state index is 0.132. The summed E-state index contributed by atoms with van der Waals surface area (Å²) in [6.45, 7) is 32.8. The van der Waals surface area contributed by atoms with Crippen LogP contribution in [0.4, 0.5) is 11.6 Å². The number of allylic oxidation sites excluding steroid dienone is 2. The molecular formula is C64H68Cl2N14O6. The summed E-state index contributed by atoms with van der Waals surface area (Å²) in [7, 11) is 3.14. The fourth-order valence-corrected chi connectivity index (χ4v) is 10.7. The zero-order valence-corrected chi connectivity index (χ0v) is 51.3. The van der Waals surface area contributed by atoms with E-state index in [1.807, 2.05) is 109 Å². The lowest BCUT2D eigenvalue weighted by atomic mass is 9.95. The molecule has 4 aromatic heterocycles. The van der Waals surface area contributed by atoms with E-state index in [-0.39, 0.29) is 46.1 Å². The van der Waals surface area contributed by atoms with Crippen LogP contribution in [0.25, 0.3) is 54.3 Å². The van der Waals surface area contributed by atoms with Crippen LogP contribution >= 0.6 is 23.2 Å². The molecule has 2 fully saturated rings. The second-order valence-corrected chi connectivity index (χ2v) is 24.2. The van der Waals surface area contributed by atoms with Crippen molar-refractivity contribution in [3.05, 3.63) is 153 Å². The van der Waals surface area contributed by atoms with Crippen molar-refractivity contribution < 1.29 is 28.5 Å². The lowest BCUT2D eigenvalue weighted by Gasteiger charge is -2.33. The highest BCUT2D eigenvalue weighted by Gasteiger charge is 2.34. The fraction of sp³-hybridized carbons (Fsp3) is 0.344. The number of aryl methyl sites for hydroxylation is 2. The van der Waals surface area contributed by atoms with Gasteiger partial charge in [-0.25, -0.2) is 39.0 Å². The zero-order chi connectivity index (χ0) is 61.8. The SMILES string of the molecule is [C-]#[N+]/C(=C\C(C)(C)C)C(=O)N1CCCC(n2nc(-c3ccc(Oc4ccc(C)c(Cl)c4)c(OC)c3)c3c(N)ncnc32)C1.[C-]#[N+]/C(=C\C(C)(C)C)C(=O)N1CCCC1Cn1nc(-c2ccc(Oc3ccc(C)c(Cl)c3)c(OC)c2)c2c(N)ncnc21. The van der Waals surface area contributed by atoms with Crippen molar-refractivity contribution in [2.45, 2.75) is 99.7 Å². The Morgan fingerprint density at radius 2 is 1.15 bits per heavy atom. The van der Waals surface area contributed by atoms with Crippen molar-refractivity contribution in [3.8, 4) is 57.0 Å². The predicted molar refractivity (Wildman–Crippen MR) is 334 cm³/mol. The lowest BCUT2D eigenvalue weighted by Crippen LogP contribution is -2.41. The molecule has 0 radical (unpaired) electrons. The van der Waals surface area contributed by atoms with Gasteiger partial charge in [0.1, 0.15) is 47.2 Å². The van der Waals surface area contributed by atoms with Crippen LogP contribution in [0, 0.1) is 37.8 Å². The smallest absolute Gasteiger partial charge is 0.252 e. The Balaban J connectivity index is 0.000000205. The molecule has 0 aliphatic carbocycles. The molecule has 8 aromatic rings. The van der Waals surface area contributed by atoms with Crippen molar-refractivity contribution >= 4 is 68.7 Å². The van der Waals surface area contributed by atoms with E-state index < -0.39 is 0 Å². The highest BCUT2D eigenvalue weighted by Crippen LogP contribution is 2.42. The Hall–Kier alpha value is -9.24. The molecule has 444 valence electrons. The van der Waals surface area contributed by atoms with Crippen LogP contribution in [0.5, 0.6) is 34.5 Å². The van der Waals surface area contributed by atoms with Gasteiger partial charge in [-0.3, -0.25) is 9.59 Å². The number of benzene rings is 4. The van der Waals surface area contributed by atoms with Crippen molar-refractivity contribution in [2.75, 3.05) is 45.3 Å². The van der Waals surface area contributed by atoms with E-state index >= 15 is 0 Å². The molecule has 2 saturated heterocycles. The average molecular weight is 1200 g/mol. The number of methoxy groups -OCH3 is 2. The number of halogens is 2. The molecular weight excluding hydrogens is 1130 g/mol. The zero-order valence-electron chi connectivity index (χ0n) is 49.8. The Bertz CT molecular complexity index is 4050. The van der Waals surface area contributed by atoms with Gasteiger partial charge in [0.2, 0.25) is 11.4 Å². The Morgan fingerprint density at radius 1 is 0.651 bits per heavy atom. The van der Waals surface area contributed by atoms with Gasteiger partial charge in [-0.15, -0.1) is 0 Å². The van der Waals surface area contributed by atoms with E-state index in [1.165, 1.54) is 12.7 Å². The molecule has 0 spiro atoms. The van der Waals surface area contributed by atoms with E-state index in [4.69, 9.17) is 77.0 Å². The van der Waals surface area contributed by atoms with Crippen LogP contribution in [-0.2, 0) is 16.1 Å². The highest BCUT2D eigenvalue weighted by molar-refractivity contribution is 6.31. The number of aromatic nitrogens is 8. The van der Waals surface area contributed by atoms with Gasteiger partial charge in [-0.2, -0.15) is 10.2 Å². The standard InChI is InChI=1S/2C32H34ClN7O3/c1-19-9-11-22(15-23(19)33)43-25-12-10-20(14-26(25)42-6)28-27-29(34)36-18-37-30(27)40(38-28)17-21-8-7-13-39(21)31(41)24(35-5)16-32(2,3)4;1-19-9-11-22(15-23(19)33)43-25-12-10-20(14-26(25)42-6)28-27-29(34)36-18-37-30(27)40(38-28)21-8-7-13-39(17-21)31(41)24(35-5)16-32(2,3)4/h2*9-12,14-16,18,21H,7-8,13,17H2,1-4,6H3,(H2,34,36,37)/b2*24-16-.